The van der Waals surface area contributed by atoms with Gasteiger partial charge in [-0.2, -0.15) is 0 Å². The second-order valence-corrected chi connectivity index (χ2v) is 5.25. The number of hydrogen-bond donors (Lipinski definition) is 1. The molecule has 0 aliphatic carbocycles. The Labute approximate surface area is 132 Å². The zero-order valence-electron chi connectivity index (χ0n) is 11.1. The Bertz CT molecular complexity index is 703. The standard InChI is InChI=1S/C15H12ClFN2OS/c1-19(11-5-2-9(3-6-11)14(18)21)15(20)12-7-4-10(17)8-13(12)16/h2-8H,1H3,(H2,18,21). The monoisotopic (exact) mass is 322 g/mol. The lowest BCUT2D eigenvalue weighted by atomic mass is 10.1. The molecule has 1 amide bonds. The number of benzene rings is 2. The van der Waals surface area contributed by atoms with E-state index in [1.54, 1.807) is 31.3 Å². The maximum Gasteiger partial charge on any atom is 0.259 e. The summed E-state index contributed by atoms with van der Waals surface area (Å²) in [4.78, 5) is 14.1. The number of rotatable bonds is 3. The highest BCUT2D eigenvalue weighted by Crippen LogP contribution is 2.22. The fourth-order valence-corrected chi connectivity index (χ4v) is 2.19. The topological polar surface area (TPSA) is 46.3 Å². The molecular formula is C15H12ClFN2OS. The van der Waals surface area contributed by atoms with Gasteiger partial charge in [0, 0.05) is 18.3 Å². The van der Waals surface area contributed by atoms with Crippen LogP contribution in [-0.4, -0.2) is 17.9 Å². The molecule has 2 aromatic carbocycles. The summed E-state index contributed by atoms with van der Waals surface area (Å²) in [5.41, 5.74) is 7.13. The van der Waals surface area contributed by atoms with Crippen molar-refractivity contribution in [2.45, 2.75) is 0 Å². The molecule has 0 heterocycles. The highest BCUT2D eigenvalue weighted by Gasteiger charge is 2.17. The molecule has 0 fully saturated rings. The van der Waals surface area contributed by atoms with Gasteiger partial charge < -0.3 is 10.6 Å². The predicted octanol–water partition coefficient (Wildman–Crippen LogP) is 3.39. The summed E-state index contributed by atoms with van der Waals surface area (Å²) in [6, 6.07) is 10.6. The molecule has 0 radical (unpaired) electrons. The van der Waals surface area contributed by atoms with E-state index in [2.05, 4.69) is 0 Å². The van der Waals surface area contributed by atoms with Crippen molar-refractivity contribution in [3.63, 3.8) is 0 Å². The number of thiocarbonyl (C=S) groups is 1. The van der Waals surface area contributed by atoms with E-state index in [0.717, 1.165) is 11.6 Å². The summed E-state index contributed by atoms with van der Waals surface area (Å²) in [5.74, 6) is -0.817. The van der Waals surface area contributed by atoms with E-state index < -0.39 is 5.82 Å². The molecule has 0 atom stereocenters. The Balaban J connectivity index is 2.28. The Morgan fingerprint density at radius 2 is 1.86 bits per heavy atom. The summed E-state index contributed by atoms with van der Waals surface area (Å²) in [6.45, 7) is 0. The first-order valence-electron chi connectivity index (χ1n) is 6.03. The molecule has 0 unspecified atom stereocenters. The molecule has 0 bridgehead atoms. The van der Waals surface area contributed by atoms with Crippen molar-refractivity contribution in [1.29, 1.82) is 0 Å². The number of hydrogen-bond acceptors (Lipinski definition) is 2. The molecule has 3 nitrogen and oxygen atoms in total. The summed E-state index contributed by atoms with van der Waals surface area (Å²) < 4.78 is 13.0. The van der Waals surface area contributed by atoms with Crippen molar-refractivity contribution in [3.8, 4) is 0 Å². The van der Waals surface area contributed by atoms with Gasteiger partial charge in [-0.3, -0.25) is 4.79 Å². The normalized spacial score (nSPS) is 10.2. The van der Waals surface area contributed by atoms with Crippen molar-refractivity contribution in [3.05, 3.63) is 64.4 Å². The Morgan fingerprint density at radius 1 is 1.24 bits per heavy atom. The van der Waals surface area contributed by atoms with Crippen molar-refractivity contribution in [2.75, 3.05) is 11.9 Å². The van der Waals surface area contributed by atoms with E-state index in [-0.39, 0.29) is 21.5 Å². The fraction of sp³-hybridized carbons (Fsp3) is 0.0667. The number of anilines is 1. The van der Waals surface area contributed by atoms with Gasteiger partial charge in [0.05, 0.1) is 10.6 Å². The smallest absolute Gasteiger partial charge is 0.259 e. The van der Waals surface area contributed by atoms with E-state index in [0.29, 0.717) is 5.69 Å². The van der Waals surface area contributed by atoms with Gasteiger partial charge in [-0.1, -0.05) is 23.8 Å². The van der Waals surface area contributed by atoms with Gasteiger partial charge in [0.1, 0.15) is 10.8 Å². The molecule has 2 aromatic rings. The van der Waals surface area contributed by atoms with Crippen LogP contribution in [-0.2, 0) is 0 Å². The van der Waals surface area contributed by atoms with Crippen LogP contribution >= 0.6 is 23.8 Å². The predicted molar refractivity (Wildman–Crippen MR) is 86.5 cm³/mol. The largest absolute Gasteiger partial charge is 0.389 e. The van der Waals surface area contributed by atoms with Crippen LogP contribution in [0, 0.1) is 5.82 Å². The van der Waals surface area contributed by atoms with Gasteiger partial charge in [-0.25, -0.2) is 4.39 Å². The van der Waals surface area contributed by atoms with Crippen LogP contribution in [0.4, 0.5) is 10.1 Å². The average Bonchev–Trinajstić information content (AvgIpc) is 2.46. The number of amides is 1. The van der Waals surface area contributed by atoms with Gasteiger partial charge in [0.2, 0.25) is 0 Å². The Hall–Kier alpha value is -1.98. The third kappa shape index (κ3) is 3.37. The summed E-state index contributed by atoms with van der Waals surface area (Å²) in [6.07, 6.45) is 0. The Kier molecular flexibility index (Phi) is 4.55. The molecule has 0 saturated carbocycles. The molecule has 2 N–H and O–H groups in total. The van der Waals surface area contributed by atoms with Crippen LogP contribution in [0.2, 0.25) is 5.02 Å². The summed E-state index contributed by atoms with van der Waals surface area (Å²) in [7, 11) is 1.61. The van der Waals surface area contributed by atoms with Gasteiger partial charge in [0.25, 0.3) is 5.91 Å². The first-order valence-corrected chi connectivity index (χ1v) is 6.81. The number of nitrogens with two attached hydrogens (primary N) is 1. The number of halogens is 2. The molecule has 0 aliphatic heterocycles. The van der Waals surface area contributed by atoms with Crippen LogP contribution in [0.15, 0.2) is 42.5 Å². The maximum absolute atomic E-state index is 13.0. The van der Waals surface area contributed by atoms with Crippen LogP contribution < -0.4 is 10.6 Å². The molecule has 108 valence electrons. The third-order valence-corrected chi connectivity index (χ3v) is 3.55. The van der Waals surface area contributed by atoms with Gasteiger partial charge in [-0.05, 0) is 42.5 Å². The zero-order chi connectivity index (χ0) is 15.6. The van der Waals surface area contributed by atoms with E-state index in [9.17, 15) is 9.18 Å². The third-order valence-electron chi connectivity index (χ3n) is 3.01. The highest BCUT2D eigenvalue weighted by atomic mass is 35.5. The average molecular weight is 323 g/mol. The molecule has 6 heteroatoms. The lowest BCUT2D eigenvalue weighted by molar-refractivity contribution is 0.0993. The number of carbonyl (C=O) groups excluding carboxylic acids is 1. The lowest BCUT2D eigenvalue weighted by Gasteiger charge is -2.18. The van der Waals surface area contributed by atoms with Gasteiger partial charge >= 0.3 is 0 Å². The minimum atomic E-state index is -0.486. The second-order valence-electron chi connectivity index (χ2n) is 4.40. The molecule has 21 heavy (non-hydrogen) atoms. The highest BCUT2D eigenvalue weighted by molar-refractivity contribution is 7.80. The summed E-state index contributed by atoms with van der Waals surface area (Å²) >= 11 is 10.8. The molecule has 0 aromatic heterocycles. The van der Waals surface area contributed by atoms with Crippen LogP contribution in [0.1, 0.15) is 15.9 Å². The van der Waals surface area contributed by atoms with Gasteiger partial charge in [0.15, 0.2) is 0 Å². The number of carbonyl (C=O) groups is 1. The quantitative estimate of drug-likeness (QED) is 0.881. The van der Waals surface area contributed by atoms with E-state index >= 15 is 0 Å². The first-order chi connectivity index (χ1) is 9.90. The van der Waals surface area contributed by atoms with E-state index in [1.165, 1.54) is 17.0 Å². The maximum atomic E-state index is 13.0. The minimum Gasteiger partial charge on any atom is -0.389 e. The van der Waals surface area contributed by atoms with E-state index in [4.69, 9.17) is 29.6 Å². The SMILES string of the molecule is CN(C(=O)c1ccc(F)cc1Cl)c1ccc(C(N)=S)cc1. The molecule has 2 rings (SSSR count). The minimum absolute atomic E-state index is 0.0756. The van der Waals surface area contributed by atoms with Gasteiger partial charge in [-0.15, -0.1) is 0 Å². The van der Waals surface area contributed by atoms with Crippen LogP contribution in [0.5, 0.6) is 0 Å². The van der Waals surface area contributed by atoms with Crippen molar-refractivity contribution < 1.29 is 9.18 Å². The molecular weight excluding hydrogens is 311 g/mol. The molecule has 0 aliphatic rings. The Morgan fingerprint density at radius 3 is 2.38 bits per heavy atom. The lowest BCUT2D eigenvalue weighted by Crippen LogP contribution is -2.26. The van der Waals surface area contributed by atoms with Crippen LogP contribution in [0.25, 0.3) is 0 Å². The van der Waals surface area contributed by atoms with Crippen molar-refractivity contribution in [2.24, 2.45) is 5.73 Å². The fourth-order valence-electron chi connectivity index (χ4n) is 1.81. The number of nitrogens with zero attached hydrogens (tertiary/aromatic N) is 1. The van der Waals surface area contributed by atoms with Crippen molar-refractivity contribution >= 4 is 40.4 Å². The van der Waals surface area contributed by atoms with Crippen molar-refractivity contribution in [1.82, 2.24) is 0 Å². The summed E-state index contributed by atoms with van der Waals surface area (Å²) in [5, 5.41) is 0.0756. The second kappa shape index (κ2) is 6.20. The van der Waals surface area contributed by atoms with E-state index in [1.807, 2.05) is 0 Å². The molecule has 0 saturated heterocycles. The molecule has 0 spiro atoms. The van der Waals surface area contributed by atoms with Crippen LogP contribution in [0.3, 0.4) is 0 Å². The first kappa shape index (κ1) is 15.4. The zero-order valence-corrected chi connectivity index (χ0v) is 12.7.